The normalized spacial score (nSPS) is 13.2. The number of nitrogens with one attached hydrogen (secondary N) is 1. The Labute approximate surface area is 180 Å². The third-order valence-corrected chi connectivity index (χ3v) is 4.88. The second-order valence-electron chi connectivity index (χ2n) is 9.42. The van der Waals surface area contributed by atoms with Gasteiger partial charge in [0.2, 0.25) is 6.79 Å². The van der Waals surface area contributed by atoms with Crippen molar-refractivity contribution >= 4 is 8.69 Å². The fourth-order valence-electron chi connectivity index (χ4n) is 3.34. The number of rotatable bonds is 4. The van der Waals surface area contributed by atoms with Gasteiger partial charge in [0, 0.05) is 13.1 Å². The van der Waals surface area contributed by atoms with Gasteiger partial charge in [0.25, 0.3) is 0 Å². The Hall–Kier alpha value is -2.14. The SMILES string of the molecule is CC(C)(C)c1cc(CNCc2ccc3c(c2)OCO3)cc(C(C)(C)C)c1O.O=[PH+]O. The number of ether oxygens (including phenoxy) is 2. The molecule has 0 aliphatic carbocycles. The van der Waals surface area contributed by atoms with Crippen LogP contribution in [0.25, 0.3) is 0 Å². The van der Waals surface area contributed by atoms with E-state index in [0.29, 0.717) is 12.5 Å². The minimum absolute atomic E-state index is 0.114. The molecule has 0 amide bonds. The summed E-state index contributed by atoms with van der Waals surface area (Å²) in [5.74, 6) is 2.04. The van der Waals surface area contributed by atoms with E-state index in [4.69, 9.17) is 18.9 Å². The third-order valence-electron chi connectivity index (χ3n) is 4.88. The van der Waals surface area contributed by atoms with Crippen LogP contribution in [-0.4, -0.2) is 16.8 Å². The highest BCUT2D eigenvalue weighted by atomic mass is 31.1. The van der Waals surface area contributed by atoms with E-state index in [0.717, 1.165) is 41.3 Å². The van der Waals surface area contributed by atoms with Crippen LogP contribution in [-0.2, 0) is 28.5 Å². The maximum absolute atomic E-state index is 10.8. The quantitative estimate of drug-likeness (QED) is 0.592. The second kappa shape index (κ2) is 9.78. The first-order valence-corrected chi connectivity index (χ1v) is 10.8. The molecule has 6 nitrogen and oxygen atoms in total. The fourth-order valence-corrected chi connectivity index (χ4v) is 3.34. The van der Waals surface area contributed by atoms with Gasteiger partial charge in [-0.2, -0.15) is 4.89 Å². The van der Waals surface area contributed by atoms with Gasteiger partial charge < -0.3 is 19.9 Å². The van der Waals surface area contributed by atoms with Gasteiger partial charge in [-0.15, -0.1) is 0 Å². The van der Waals surface area contributed by atoms with Gasteiger partial charge in [0.05, 0.1) is 0 Å². The van der Waals surface area contributed by atoms with Crippen molar-refractivity contribution in [2.24, 2.45) is 0 Å². The Balaban J connectivity index is 0.00000101. The van der Waals surface area contributed by atoms with Crippen LogP contribution >= 0.6 is 8.69 Å². The molecule has 1 aliphatic heterocycles. The van der Waals surface area contributed by atoms with Gasteiger partial charge in [-0.1, -0.05) is 59.7 Å². The lowest BCUT2D eigenvalue weighted by molar-refractivity contribution is 0.174. The Morgan fingerprint density at radius 3 is 1.93 bits per heavy atom. The lowest BCUT2D eigenvalue weighted by Gasteiger charge is -2.28. The van der Waals surface area contributed by atoms with Crippen LogP contribution in [0.15, 0.2) is 30.3 Å². The molecule has 0 bridgehead atoms. The predicted molar refractivity (Wildman–Crippen MR) is 120 cm³/mol. The number of hydrogen-bond donors (Lipinski definition) is 3. The number of phenols is 1. The molecule has 2 aromatic carbocycles. The molecule has 0 radical (unpaired) electrons. The van der Waals surface area contributed by atoms with Crippen LogP contribution in [0.4, 0.5) is 0 Å². The maximum Gasteiger partial charge on any atom is 0.491 e. The molecule has 0 aromatic heterocycles. The van der Waals surface area contributed by atoms with Crippen LogP contribution in [0.2, 0.25) is 0 Å². The van der Waals surface area contributed by atoms with Gasteiger partial charge in [-0.25, -0.2) is 0 Å². The number of phenolic OH excluding ortho intramolecular Hbond substituents is 1. The summed E-state index contributed by atoms with van der Waals surface area (Å²) in [5, 5.41) is 14.3. The maximum atomic E-state index is 10.8. The lowest BCUT2D eigenvalue weighted by atomic mass is 9.78. The van der Waals surface area contributed by atoms with Crippen molar-refractivity contribution in [1.82, 2.24) is 5.32 Å². The number of hydrogen-bond acceptors (Lipinski definition) is 5. The highest BCUT2D eigenvalue weighted by molar-refractivity contribution is 7.16. The van der Waals surface area contributed by atoms with Crippen molar-refractivity contribution in [1.29, 1.82) is 0 Å². The van der Waals surface area contributed by atoms with Crippen LogP contribution < -0.4 is 14.8 Å². The molecule has 7 heteroatoms. The molecule has 3 N–H and O–H groups in total. The molecule has 0 spiro atoms. The zero-order valence-electron chi connectivity index (χ0n) is 18.6. The summed E-state index contributed by atoms with van der Waals surface area (Å²) in [6.45, 7) is 14.6. The van der Waals surface area contributed by atoms with Gasteiger partial charge in [-0.05, 0) is 49.8 Å². The summed E-state index contributed by atoms with van der Waals surface area (Å²) in [5.41, 5.74) is 4.10. The first-order chi connectivity index (χ1) is 14.0. The monoisotopic (exact) mass is 434 g/mol. The molecule has 0 fully saturated rings. The van der Waals surface area contributed by atoms with E-state index >= 15 is 0 Å². The van der Waals surface area contributed by atoms with Crippen LogP contribution in [0.3, 0.4) is 0 Å². The van der Waals surface area contributed by atoms with E-state index in [1.54, 1.807) is 0 Å². The van der Waals surface area contributed by atoms with E-state index in [1.165, 1.54) is 5.56 Å². The van der Waals surface area contributed by atoms with Crippen molar-refractivity contribution in [3.8, 4) is 17.2 Å². The van der Waals surface area contributed by atoms with E-state index in [-0.39, 0.29) is 10.8 Å². The number of benzene rings is 2. The largest absolute Gasteiger partial charge is 0.507 e. The average Bonchev–Trinajstić information content (AvgIpc) is 3.09. The number of fused-ring (bicyclic) bond motifs is 1. The van der Waals surface area contributed by atoms with Crippen molar-refractivity contribution < 1.29 is 24.0 Å². The molecule has 0 saturated heterocycles. The first kappa shape index (κ1) is 24.1. The zero-order valence-corrected chi connectivity index (χ0v) is 19.6. The smallest absolute Gasteiger partial charge is 0.491 e. The standard InChI is InChI=1S/C23H31NO3.HO2P/c1-22(2,3)17-9-16(10-18(21(17)25)23(4,5)6)13-24-12-15-7-8-19-20(11-15)27-14-26-19;1-3-2/h7-11,24-25H,12-14H2,1-6H3;3H/p+1. The van der Waals surface area contributed by atoms with Gasteiger partial charge in [0.1, 0.15) is 5.75 Å². The summed E-state index contributed by atoms with van der Waals surface area (Å²) in [4.78, 5) is 7.04. The van der Waals surface area contributed by atoms with Gasteiger partial charge in [0.15, 0.2) is 11.5 Å². The van der Waals surface area contributed by atoms with E-state index in [1.807, 2.05) is 12.1 Å². The topological polar surface area (TPSA) is 88.0 Å². The Kier molecular flexibility index (Phi) is 7.87. The molecule has 1 heterocycles. The molecular formula is C23H33NO5P+. The van der Waals surface area contributed by atoms with Crippen LogP contribution in [0.1, 0.15) is 63.8 Å². The molecule has 0 saturated carbocycles. The molecular weight excluding hydrogens is 401 g/mol. The fraction of sp³-hybridized carbons (Fsp3) is 0.478. The third kappa shape index (κ3) is 6.18. The molecule has 1 atom stereocenters. The summed E-state index contributed by atoms with van der Waals surface area (Å²) >= 11 is 0. The Morgan fingerprint density at radius 1 is 0.900 bits per heavy atom. The molecule has 1 aliphatic rings. The Bertz CT molecular complexity index is 849. The zero-order chi connectivity index (χ0) is 22.5. The minimum atomic E-state index is -1.17. The van der Waals surface area contributed by atoms with Crippen LogP contribution in [0, 0.1) is 0 Å². The minimum Gasteiger partial charge on any atom is -0.507 e. The van der Waals surface area contributed by atoms with E-state index in [2.05, 4.69) is 65.1 Å². The Morgan fingerprint density at radius 2 is 1.40 bits per heavy atom. The first-order valence-electron chi connectivity index (χ1n) is 9.94. The summed E-state index contributed by atoms with van der Waals surface area (Å²) in [6.07, 6.45) is 0. The van der Waals surface area contributed by atoms with Crippen molar-refractivity contribution in [2.75, 3.05) is 6.79 Å². The molecule has 164 valence electrons. The molecule has 2 aromatic rings. The summed E-state index contributed by atoms with van der Waals surface area (Å²) in [7, 11) is -1.17. The average molecular weight is 434 g/mol. The summed E-state index contributed by atoms with van der Waals surface area (Å²) in [6, 6.07) is 10.3. The highest BCUT2D eigenvalue weighted by Gasteiger charge is 2.26. The number of aromatic hydroxyl groups is 1. The predicted octanol–water partition coefficient (Wildman–Crippen LogP) is 4.92. The van der Waals surface area contributed by atoms with E-state index in [9.17, 15) is 5.11 Å². The molecule has 1 unspecified atom stereocenters. The van der Waals surface area contributed by atoms with Crippen molar-refractivity contribution in [3.63, 3.8) is 0 Å². The van der Waals surface area contributed by atoms with Crippen LogP contribution in [0.5, 0.6) is 17.2 Å². The highest BCUT2D eigenvalue weighted by Crippen LogP contribution is 2.39. The van der Waals surface area contributed by atoms with Gasteiger partial charge >= 0.3 is 8.69 Å². The van der Waals surface area contributed by atoms with Gasteiger partial charge in [-0.3, -0.25) is 0 Å². The van der Waals surface area contributed by atoms with E-state index < -0.39 is 8.69 Å². The lowest BCUT2D eigenvalue weighted by Crippen LogP contribution is -2.19. The molecule has 3 rings (SSSR count). The molecule has 30 heavy (non-hydrogen) atoms. The van der Waals surface area contributed by atoms with Crippen molar-refractivity contribution in [3.05, 3.63) is 52.6 Å². The van der Waals surface area contributed by atoms with Crippen molar-refractivity contribution in [2.45, 2.75) is 65.5 Å². The second-order valence-corrected chi connectivity index (χ2v) is 9.60. The summed E-state index contributed by atoms with van der Waals surface area (Å²) < 4.78 is 19.3.